The van der Waals surface area contributed by atoms with E-state index in [0.29, 0.717) is 5.56 Å². The molecular weight excluding hydrogens is 388 g/mol. The Labute approximate surface area is 172 Å². The fraction of sp³-hybridized carbons (Fsp3) is 0.409. The van der Waals surface area contributed by atoms with Crippen molar-refractivity contribution in [2.24, 2.45) is 0 Å². The number of carbonyl (C=O) groups is 1. The van der Waals surface area contributed by atoms with Crippen molar-refractivity contribution in [1.29, 1.82) is 0 Å². The molecule has 2 aromatic carbocycles. The van der Waals surface area contributed by atoms with Gasteiger partial charge in [0.05, 0.1) is 17.6 Å². The van der Waals surface area contributed by atoms with Crippen LogP contribution in [0.5, 0.6) is 0 Å². The SMILES string of the molecule is COC(=O)c1cc(S(=O)(=O)NC(C)c2ccc(N3CCCCC3)cc2)ccc1C. The molecule has 1 heterocycles. The summed E-state index contributed by atoms with van der Waals surface area (Å²) in [5.41, 5.74) is 2.96. The minimum atomic E-state index is -3.79. The van der Waals surface area contributed by atoms with Crippen molar-refractivity contribution in [2.45, 2.75) is 44.0 Å². The lowest BCUT2D eigenvalue weighted by Gasteiger charge is -2.29. The van der Waals surface area contributed by atoms with E-state index in [-0.39, 0.29) is 10.5 Å². The maximum absolute atomic E-state index is 12.8. The van der Waals surface area contributed by atoms with Crippen LogP contribution < -0.4 is 9.62 Å². The first-order valence-corrected chi connectivity index (χ1v) is 11.4. The van der Waals surface area contributed by atoms with Gasteiger partial charge in [-0.05, 0) is 68.5 Å². The van der Waals surface area contributed by atoms with Crippen LogP contribution in [-0.4, -0.2) is 34.6 Å². The number of methoxy groups -OCH3 is 1. The van der Waals surface area contributed by atoms with Crippen LogP contribution in [0.15, 0.2) is 47.4 Å². The van der Waals surface area contributed by atoms with Gasteiger partial charge in [0.25, 0.3) is 0 Å². The second-order valence-electron chi connectivity index (χ2n) is 7.45. The molecule has 3 rings (SSSR count). The van der Waals surface area contributed by atoms with Gasteiger partial charge >= 0.3 is 5.97 Å². The third kappa shape index (κ3) is 4.97. The first-order valence-electron chi connectivity index (χ1n) is 9.88. The molecule has 0 bridgehead atoms. The van der Waals surface area contributed by atoms with E-state index >= 15 is 0 Å². The van der Waals surface area contributed by atoms with Gasteiger partial charge in [-0.25, -0.2) is 17.9 Å². The van der Waals surface area contributed by atoms with E-state index < -0.39 is 22.0 Å². The fourth-order valence-corrected chi connectivity index (χ4v) is 4.85. The van der Waals surface area contributed by atoms with Gasteiger partial charge < -0.3 is 9.64 Å². The highest BCUT2D eigenvalue weighted by molar-refractivity contribution is 7.89. The highest BCUT2D eigenvalue weighted by Crippen LogP contribution is 2.24. The van der Waals surface area contributed by atoms with Crippen LogP contribution in [0.25, 0.3) is 0 Å². The molecule has 1 atom stereocenters. The number of carbonyl (C=O) groups excluding carboxylic acids is 1. The molecule has 0 spiro atoms. The van der Waals surface area contributed by atoms with Crippen LogP contribution in [0.1, 0.15) is 53.7 Å². The molecule has 1 saturated heterocycles. The standard InChI is InChI=1S/C22H28N2O4S/c1-16-7-12-20(15-21(16)22(25)28-3)29(26,27)23-17(2)18-8-10-19(11-9-18)24-13-5-4-6-14-24/h7-12,15,17,23H,4-6,13-14H2,1-3H3. The highest BCUT2D eigenvalue weighted by Gasteiger charge is 2.21. The molecule has 156 valence electrons. The van der Waals surface area contributed by atoms with Crippen LogP contribution >= 0.6 is 0 Å². The molecule has 29 heavy (non-hydrogen) atoms. The number of aryl methyl sites for hydroxylation is 1. The second-order valence-corrected chi connectivity index (χ2v) is 9.16. The second kappa shape index (κ2) is 8.97. The number of sulfonamides is 1. The minimum absolute atomic E-state index is 0.0419. The zero-order valence-electron chi connectivity index (χ0n) is 17.1. The highest BCUT2D eigenvalue weighted by atomic mass is 32.2. The molecule has 1 N–H and O–H groups in total. The van der Waals surface area contributed by atoms with E-state index in [4.69, 9.17) is 4.74 Å². The van der Waals surface area contributed by atoms with Gasteiger partial charge in [-0.1, -0.05) is 18.2 Å². The fourth-order valence-electron chi connectivity index (χ4n) is 3.59. The Hall–Kier alpha value is -2.38. The summed E-state index contributed by atoms with van der Waals surface area (Å²) in [4.78, 5) is 14.3. The number of benzene rings is 2. The Balaban J connectivity index is 1.75. The van der Waals surface area contributed by atoms with E-state index in [1.54, 1.807) is 13.0 Å². The van der Waals surface area contributed by atoms with Gasteiger partial charge in [0.15, 0.2) is 0 Å². The summed E-state index contributed by atoms with van der Waals surface area (Å²) in [6.45, 7) is 5.68. The van der Waals surface area contributed by atoms with Gasteiger partial charge in [-0.3, -0.25) is 0 Å². The van der Waals surface area contributed by atoms with Crippen LogP contribution in [-0.2, 0) is 14.8 Å². The third-order valence-electron chi connectivity index (χ3n) is 5.37. The largest absolute Gasteiger partial charge is 0.465 e. The number of hydrogen-bond acceptors (Lipinski definition) is 5. The van der Waals surface area contributed by atoms with Gasteiger partial charge in [-0.15, -0.1) is 0 Å². The van der Waals surface area contributed by atoms with Crippen LogP contribution in [0.4, 0.5) is 5.69 Å². The maximum atomic E-state index is 12.8. The lowest BCUT2D eigenvalue weighted by Crippen LogP contribution is -2.29. The van der Waals surface area contributed by atoms with Crippen molar-refractivity contribution >= 4 is 21.7 Å². The number of ether oxygens (including phenoxy) is 1. The van der Waals surface area contributed by atoms with Gasteiger partial charge in [0.2, 0.25) is 10.0 Å². The number of nitrogens with one attached hydrogen (secondary N) is 1. The first kappa shape index (κ1) is 21.3. The Bertz CT molecular complexity index is 965. The van der Waals surface area contributed by atoms with Gasteiger partial charge in [-0.2, -0.15) is 0 Å². The zero-order valence-corrected chi connectivity index (χ0v) is 18.0. The molecule has 0 saturated carbocycles. The van der Waals surface area contributed by atoms with E-state index in [1.807, 2.05) is 31.2 Å². The van der Waals surface area contributed by atoms with Crippen molar-refractivity contribution < 1.29 is 17.9 Å². The maximum Gasteiger partial charge on any atom is 0.338 e. The smallest absolute Gasteiger partial charge is 0.338 e. The summed E-state index contributed by atoms with van der Waals surface area (Å²) in [6, 6.07) is 12.1. The Kier molecular flexibility index (Phi) is 6.59. The predicted molar refractivity (Wildman–Crippen MR) is 114 cm³/mol. The van der Waals surface area contributed by atoms with Crippen molar-refractivity contribution in [2.75, 3.05) is 25.1 Å². The van der Waals surface area contributed by atoms with Crippen molar-refractivity contribution in [3.05, 3.63) is 59.2 Å². The van der Waals surface area contributed by atoms with Crippen LogP contribution in [0.2, 0.25) is 0 Å². The molecule has 7 heteroatoms. The number of esters is 1. The molecule has 2 aromatic rings. The number of rotatable bonds is 6. The number of piperidine rings is 1. The average molecular weight is 417 g/mol. The molecule has 6 nitrogen and oxygen atoms in total. The molecule has 1 fully saturated rings. The summed E-state index contributed by atoms with van der Waals surface area (Å²) in [5.74, 6) is -0.555. The predicted octanol–water partition coefficient (Wildman–Crippen LogP) is 3.81. The number of anilines is 1. The average Bonchev–Trinajstić information content (AvgIpc) is 2.73. The van der Waals surface area contributed by atoms with Crippen molar-refractivity contribution in [1.82, 2.24) is 4.72 Å². The molecule has 0 aromatic heterocycles. The quantitative estimate of drug-likeness (QED) is 0.725. The Morgan fingerprint density at radius 2 is 1.72 bits per heavy atom. The molecule has 0 radical (unpaired) electrons. The van der Waals surface area contributed by atoms with Crippen LogP contribution in [0.3, 0.4) is 0 Å². The Morgan fingerprint density at radius 3 is 2.34 bits per heavy atom. The number of nitrogens with zero attached hydrogens (tertiary/aromatic N) is 1. The summed E-state index contributed by atoms with van der Waals surface area (Å²) in [6.07, 6.45) is 3.70. The topological polar surface area (TPSA) is 75.7 Å². The number of hydrogen-bond donors (Lipinski definition) is 1. The molecule has 0 amide bonds. The van der Waals surface area contributed by atoms with Crippen LogP contribution in [0, 0.1) is 6.92 Å². The van der Waals surface area contributed by atoms with E-state index in [2.05, 4.69) is 9.62 Å². The van der Waals surface area contributed by atoms with Gasteiger partial charge in [0.1, 0.15) is 0 Å². The minimum Gasteiger partial charge on any atom is -0.465 e. The molecule has 0 aliphatic carbocycles. The lowest BCUT2D eigenvalue weighted by atomic mass is 10.1. The van der Waals surface area contributed by atoms with E-state index in [9.17, 15) is 13.2 Å². The summed E-state index contributed by atoms with van der Waals surface area (Å²) in [5, 5.41) is 0. The normalized spacial score (nSPS) is 15.8. The van der Waals surface area contributed by atoms with Crippen molar-refractivity contribution in [3.63, 3.8) is 0 Å². The summed E-state index contributed by atoms with van der Waals surface area (Å²) < 4.78 is 33.1. The molecule has 1 aliphatic rings. The van der Waals surface area contributed by atoms with Gasteiger partial charge in [0, 0.05) is 24.8 Å². The first-order chi connectivity index (χ1) is 13.8. The van der Waals surface area contributed by atoms with E-state index in [0.717, 1.165) is 18.7 Å². The molecule has 1 unspecified atom stereocenters. The summed E-state index contributed by atoms with van der Waals surface area (Å²) >= 11 is 0. The summed E-state index contributed by atoms with van der Waals surface area (Å²) in [7, 11) is -2.51. The zero-order chi connectivity index (χ0) is 21.0. The molecule has 1 aliphatic heterocycles. The van der Waals surface area contributed by atoms with E-state index in [1.165, 1.54) is 44.2 Å². The lowest BCUT2D eigenvalue weighted by molar-refractivity contribution is 0.0599. The van der Waals surface area contributed by atoms with Crippen molar-refractivity contribution in [3.8, 4) is 0 Å². The Morgan fingerprint density at radius 1 is 1.07 bits per heavy atom. The third-order valence-corrected chi connectivity index (χ3v) is 6.91. The molecular formula is C22H28N2O4S. The monoisotopic (exact) mass is 416 g/mol.